The maximum atomic E-state index is 13.1. The summed E-state index contributed by atoms with van der Waals surface area (Å²) < 4.78 is 14.0. The minimum atomic E-state index is -0.225. The molecule has 1 aromatic carbocycles. The van der Waals surface area contributed by atoms with Crippen molar-refractivity contribution in [2.45, 2.75) is 12.5 Å². The molecule has 0 radical (unpaired) electrons. The molecule has 0 amide bonds. The molecule has 0 saturated carbocycles. The van der Waals surface area contributed by atoms with Crippen molar-refractivity contribution in [1.29, 1.82) is 0 Å². The lowest BCUT2D eigenvalue weighted by molar-refractivity contribution is 0.622. The van der Waals surface area contributed by atoms with Gasteiger partial charge in [0.15, 0.2) is 0 Å². The standard InChI is InChI=1S/C12H11BrFNS/c13-10-4-3-9(14)6-8(10)7-11(15)12-2-1-5-16-12/h1-6,11H,7,15H2. The number of hydrogen-bond acceptors (Lipinski definition) is 2. The van der Waals surface area contributed by atoms with Gasteiger partial charge in [0.05, 0.1) is 0 Å². The number of thiophene rings is 1. The van der Waals surface area contributed by atoms with Crippen molar-refractivity contribution in [2.24, 2.45) is 5.73 Å². The molecule has 84 valence electrons. The Morgan fingerprint density at radius 2 is 2.19 bits per heavy atom. The van der Waals surface area contributed by atoms with Gasteiger partial charge in [0, 0.05) is 15.4 Å². The zero-order valence-electron chi connectivity index (χ0n) is 8.49. The molecule has 0 aliphatic rings. The zero-order chi connectivity index (χ0) is 11.5. The quantitative estimate of drug-likeness (QED) is 0.914. The van der Waals surface area contributed by atoms with E-state index in [1.807, 2.05) is 17.5 Å². The zero-order valence-corrected chi connectivity index (χ0v) is 10.9. The molecule has 0 aliphatic carbocycles. The van der Waals surface area contributed by atoms with Gasteiger partial charge in [0.1, 0.15) is 5.82 Å². The first-order chi connectivity index (χ1) is 7.66. The van der Waals surface area contributed by atoms with Crippen LogP contribution in [0.3, 0.4) is 0 Å². The molecule has 0 bridgehead atoms. The van der Waals surface area contributed by atoms with Crippen LogP contribution in [0.1, 0.15) is 16.5 Å². The molecule has 2 aromatic rings. The van der Waals surface area contributed by atoms with Crippen LogP contribution >= 0.6 is 27.3 Å². The van der Waals surface area contributed by atoms with Gasteiger partial charge in [-0.3, -0.25) is 0 Å². The second kappa shape index (κ2) is 5.08. The van der Waals surface area contributed by atoms with Gasteiger partial charge in [-0.25, -0.2) is 4.39 Å². The summed E-state index contributed by atoms with van der Waals surface area (Å²) in [6.07, 6.45) is 0.638. The Kier molecular flexibility index (Phi) is 3.74. The van der Waals surface area contributed by atoms with Crippen molar-refractivity contribution in [3.05, 3.63) is 56.4 Å². The highest BCUT2D eigenvalue weighted by atomic mass is 79.9. The third-order valence-electron chi connectivity index (χ3n) is 2.36. The van der Waals surface area contributed by atoms with Crippen molar-refractivity contribution in [3.63, 3.8) is 0 Å². The van der Waals surface area contributed by atoms with E-state index < -0.39 is 0 Å². The molecular weight excluding hydrogens is 289 g/mol. The molecule has 0 fully saturated rings. The van der Waals surface area contributed by atoms with Crippen LogP contribution in [0.25, 0.3) is 0 Å². The molecule has 0 spiro atoms. The number of rotatable bonds is 3. The monoisotopic (exact) mass is 299 g/mol. The van der Waals surface area contributed by atoms with E-state index in [0.29, 0.717) is 6.42 Å². The molecular formula is C12H11BrFNS. The van der Waals surface area contributed by atoms with E-state index in [-0.39, 0.29) is 11.9 Å². The maximum absolute atomic E-state index is 13.1. The van der Waals surface area contributed by atoms with E-state index in [4.69, 9.17) is 5.73 Å². The number of nitrogens with two attached hydrogens (primary N) is 1. The van der Waals surface area contributed by atoms with Crippen LogP contribution in [0.4, 0.5) is 4.39 Å². The van der Waals surface area contributed by atoms with Crippen LogP contribution in [0.5, 0.6) is 0 Å². The Hall–Kier alpha value is -0.710. The molecule has 4 heteroatoms. The molecule has 2 N–H and O–H groups in total. The largest absolute Gasteiger partial charge is 0.323 e. The fraction of sp³-hybridized carbons (Fsp3) is 0.167. The van der Waals surface area contributed by atoms with E-state index in [1.165, 1.54) is 12.1 Å². The van der Waals surface area contributed by atoms with Gasteiger partial charge in [0.25, 0.3) is 0 Å². The highest BCUT2D eigenvalue weighted by Crippen LogP contribution is 2.25. The molecule has 0 aliphatic heterocycles. The molecule has 1 heterocycles. The maximum Gasteiger partial charge on any atom is 0.123 e. The molecule has 1 atom stereocenters. The topological polar surface area (TPSA) is 26.0 Å². The highest BCUT2D eigenvalue weighted by Gasteiger charge is 2.10. The molecule has 1 nitrogen and oxygen atoms in total. The predicted molar refractivity (Wildman–Crippen MR) is 69.1 cm³/mol. The average Bonchev–Trinajstić information content (AvgIpc) is 2.76. The van der Waals surface area contributed by atoms with Crippen LogP contribution in [0.15, 0.2) is 40.2 Å². The lowest BCUT2D eigenvalue weighted by atomic mass is 10.1. The summed E-state index contributed by atoms with van der Waals surface area (Å²) >= 11 is 5.03. The highest BCUT2D eigenvalue weighted by molar-refractivity contribution is 9.10. The number of hydrogen-bond donors (Lipinski definition) is 1. The van der Waals surface area contributed by atoms with Crippen LogP contribution in [-0.4, -0.2) is 0 Å². The fourth-order valence-corrected chi connectivity index (χ4v) is 2.68. The fourth-order valence-electron chi connectivity index (χ4n) is 1.54. The van der Waals surface area contributed by atoms with Gasteiger partial charge in [-0.05, 0) is 41.6 Å². The molecule has 2 rings (SSSR count). The summed E-state index contributed by atoms with van der Waals surface area (Å²) in [7, 11) is 0. The Labute approximate surface area is 106 Å². The van der Waals surface area contributed by atoms with Crippen molar-refractivity contribution in [2.75, 3.05) is 0 Å². The van der Waals surface area contributed by atoms with Crippen molar-refractivity contribution >= 4 is 27.3 Å². The molecule has 1 unspecified atom stereocenters. The Balaban J connectivity index is 2.17. The third kappa shape index (κ3) is 2.70. The van der Waals surface area contributed by atoms with E-state index in [2.05, 4.69) is 15.9 Å². The van der Waals surface area contributed by atoms with Gasteiger partial charge < -0.3 is 5.73 Å². The summed E-state index contributed by atoms with van der Waals surface area (Å²) in [5, 5.41) is 2.00. The first kappa shape index (κ1) is 11.8. The first-order valence-electron chi connectivity index (χ1n) is 4.89. The molecule has 1 aromatic heterocycles. The Bertz CT molecular complexity index is 470. The lowest BCUT2D eigenvalue weighted by Crippen LogP contribution is -2.12. The van der Waals surface area contributed by atoms with Crippen molar-refractivity contribution < 1.29 is 4.39 Å². The second-order valence-corrected chi connectivity index (χ2v) is 5.40. The average molecular weight is 300 g/mol. The van der Waals surface area contributed by atoms with Crippen LogP contribution < -0.4 is 5.73 Å². The minimum absolute atomic E-state index is 0.0712. The van der Waals surface area contributed by atoms with Gasteiger partial charge >= 0.3 is 0 Å². The van der Waals surface area contributed by atoms with Crippen molar-refractivity contribution in [1.82, 2.24) is 0 Å². The summed E-state index contributed by atoms with van der Waals surface area (Å²) in [4.78, 5) is 1.12. The Morgan fingerprint density at radius 3 is 2.88 bits per heavy atom. The molecule has 0 saturated heterocycles. The van der Waals surface area contributed by atoms with E-state index in [1.54, 1.807) is 17.4 Å². The van der Waals surface area contributed by atoms with Gasteiger partial charge in [0.2, 0.25) is 0 Å². The normalized spacial score (nSPS) is 12.7. The van der Waals surface area contributed by atoms with Gasteiger partial charge in [-0.2, -0.15) is 0 Å². The first-order valence-corrected chi connectivity index (χ1v) is 6.57. The van der Waals surface area contributed by atoms with Crippen LogP contribution in [-0.2, 0) is 6.42 Å². The number of halogens is 2. The second-order valence-electron chi connectivity index (χ2n) is 3.56. The molecule has 16 heavy (non-hydrogen) atoms. The van der Waals surface area contributed by atoms with Gasteiger partial charge in [-0.15, -0.1) is 11.3 Å². The Morgan fingerprint density at radius 1 is 1.38 bits per heavy atom. The van der Waals surface area contributed by atoms with Gasteiger partial charge in [-0.1, -0.05) is 22.0 Å². The predicted octanol–water partition coefficient (Wildman–Crippen LogP) is 3.89. The van der Waals surface area contributed by atoms with E-state index in [9.17, 15) is 4.39 Å². The summed E-state index contributed by atoms with van der Waals surface area (Å²) in [6.45, 7) is 0. The lowest BCUT2D eigenvalue weighted by Gasteiger charge is -2.11. The third-order valence-corrected chi connectivity index (χ3v) is 4.13. The van der Waals surface area contributed by atoms with Crippen LogP contribution in [0.2, 0.25) is 0 Å². The minimum Gasteiger partial charge on any atom is -0.323 e. The summed E-state index contributed by atoms with van der Waals surface area (Å²) in [5.41, 5.74) is 6.96. The summed E-state index contributed by atoms with van der Waals surface area (Å²) in [5.74, 6) is -0.225. The van der Waals surface area contributed by atoms with Crippen molar-refractivity contribution in [3.8, 4) is 0 Å². The van der Waals surface area contributed by atoms with Crippen LogP contribution in [0, 0.1) is 5.82 Å². The van der Waals surface area contributed by atoms with E-state index in [0.717, 1.165) is 14.9 Å². The smallest absolute Gasteiger partial charge is 0.123 e. The van der Waals surface area contributed by atoms with E-state index >= 15 is 0 Å². The summed E-state index contributed by atoms with van der Waals surface area (Å²) in [6, 6.07) is 8.58. The number of benzene rings is 1. The SMILES string of the molecule is NC(Cc1cc(F)ccc1Br)c1cccs1.